The Balaban J connectivity index is 1.99. The minimum absolute atomic E-state index is 0.259. The molecule has 0 spiro atoms. The second-order valence-electron chi connectivity index (χ2n) is 5.61. The van der Waals surface area contributed by atoms with Gasteiger partial charge in [-0.3, -0.25) is 4.99 Å². The van der Waals surface area contributed by atoms with Gasteiger partial charge in [-0.1, -0.05) is 0 Å². The van der Waals surface area contributed by atoms with E-state index in [4.69, 9.17) is 15.2 Å². The van der Waals surface area contributed by atoms with Gasteiger partial charge in [0.05, 0.1) is 26.4 Å². The highest BCUT2D eigenvalue weighted by Gasteiger charge is 2.34. The van der Waals surface area contributed by atoms with Gasteiger partial charge in [-0.25, -0.2) is 0 Å². The van der Waals surface area contributed by atoms with Crippen molar-refractivity contribution in [1.29, 1.82) is 0 Å². The van der Waals surface area contributed by atoms with Crippen LogP contribution in [0.3, 0.4) is 0 Å². The molecule has 1 heterocycles. The molecule has 1 saturated heterocycles. The molecule has 1 unspecified atom stereocenters. The number of nitrogens with one attached hydrogen (secondary N) is 1. The first-order valence-electron chi connectivity index (χ1n) is 7.16. The van der Waals surface area contributed by atoms with Crippen molar-refractivity contribution in [1.82, 2.24) is 4.90 Å². The van der Waals surface area contributed by atoms with Crippen LogP contribution in [0.4, 0.5) is 5.69 Å². The maximum absolute atomic E-state index is 10.4. The fourth-order valence-corrected chi connectivity index (χ4v) is 2.52. The predicted octanol–water partition coefficient (Wildman–Crippen LogP) is 0.497. The van der Waals surface area contributed by atoms with Crippen molar-refractivity contribution in [2.45, 2.75) is 12.0 Å². The summed E-state index contributed by atoms with van der Waals surface area (Å²) in [5.41, 5.74) is 5.83. The minimum Gasteiger partial charge on any atom is -0.493 e. The molecule has 22 heavy (non-hydrogen) atoms. The lowest BCUT2D eigenvalue weighted by molar-refractivity contribution is 0.0615. The Morgan fingerprint density at radius 3 is 2.73 bits per heavy atom. The smallest absolute Gasteiger partial charge is 0.193 e. The van der Waals surface area contributed by atoms with Gasteiger partial charge in [-0.2, -0.15) is 0 Å². The Morgan fingerprint density at radius 1 is 1.41 bits per heavy atom. The molecule has 2 rings (SSSR count). The minimum atomic E-state index is -0.793. The van der Waals surface area contributed by atoms with Crippen molar-refractivity contribution < 1.29 is 14.6 Å². The predicted molar refractivity (Wildman–Crippen MR) is 86.7 cm³/mol. The lowest BCUT2D eigenvalue weighted by Crippen LogP contribution is -2.36. The zero-order valence-corrected chi connectivity index (χ0v) is 13.3. The fraction of sp³-hybridized carbons (Fsp3) is 0.533. The molecule has 0 bridgehead atoms. The summed E-state index contributed by atoms with van der Waals surface area (Å²) in [6.07, 6.45) is 0.705. The van der Waals surface area contributed by atoms with Crippen molar-refractivity contribution in [2.75, 3.05) is 46.2 Å². The van der Waals surface area contributed by atoms with Crippen molar-refractivity contribution >= 4 is 11.6 Å². The standard InChI is InChI=1S/C15H24N4O3/c1-19-7-6-15(20,10-19)9-17-14(16)18-11-4-5-12(21-2)13(8-11)22-3/h4-5,8,20H,6-7,9-10H2,1-3H3,(H3,16,17,18). The highest BCUT2D eigenvalue weighted by molar-refractivity contribution is 5.92. The molecule has 0 saturated carbocycles. The summed E-state index contributed by atoms with van der Waals surface area (Å²) in [6.45, 7) is 1.76. The Bertz CT molecular complexity index is 550. The SMILES string of the molecule is COc1ccc(NC(N)=NCC2(O)CCN(C)C2)cc1OC. The number of ether oxygens (including phenoxy) is 2. The molecular formula is C15H24N4O3. The molecule has 0 aromatic heterocycles. The second-order valence-corrected chi connectivity index (χ2v) is 5.61. The lowest BCUT2D eigenvalue weighted by Gasteiger charge is -2.20. The van der Waals surface area contributed by atoms with E-state index in [1.165, 1.54) is 0 Å². The molecule has 0 radical (unpaired) electrons. The van der Waals surface area contributed by atoms with Gasteiger partial charge >= 0.3 is 0 Å². The number of hydrogen-bond donors (Lipinski definition) is 3. The number of aliphatic hydroxyl groups is 1. The van der Waals surface area contributed by atoms with Crippen molar-refractivity contribution in [3.8, 4) is 11.5 Å². The molecule has 1 aromatic rings. The third kappa shape index (κ3) is 4.02. The summed E-state index contributed by atoms with van der Waals surface area (Å²) >= 11 is 0. The van der Waals surface area contributed by atoms with E-state index < -0.39 is 5.60 Å². The number of guanidine groups is 1. The van der Waals surface area contributed by atoms with Gasteiger partial charge in [-0.15, -0.1) is 0 Å². The fourth-order valence-electron chi connectivity index (χ4n) is 2.52. The Kier molecular flexibility index (Phi) is 5.10. The first-order valence-corrected chi connectivity index (χ1v) is 7.16. The zero-order valence-electron chi connectivity index (χ0n) is 13.3. The number of β-amino-alcohol motifs (C(OH)–C–C–N with tert-alkyl or cyclic N) is 1. The number of benzene rings is 1. The quantitative estimate of drug-likeness (QED) is 0.542. The summed E-state index contributed by atoms with van der Waals surface area (Å²) < 4.78 is 10.4. The molecule has 122 valence electrons. The monoisotopic (exact) mass is 308 g/mol. The number of likely N-dealkylation sites (N-methyl/N-ethyl adjacent to an activating group) is 1. The number of hydrogen-bond acceptors (Lipinski definition) is 5. The molecule has 1 atom stereocenters. The van der Waals surface area contributed by atoms with Crippen LogP contribution in [0, 0.1) is 0 Å². The first kappa shape index (κ1) is 16.4. The Hall–Kier alpha value is -1.99. The molecule has 0 amide bonds. The van der Waals surface area contributed by atoms with E-state index in [1.54, 1.807) is 26.4 Å². The summed E-state index contributed by atoms with van der Waals surface area (Å²) in [7, 11) is 5.14. The van der Waals surface area contributed by atoms with E-state index >= 15 is 0 Å². The Morgan fingerprint density at radius 2 is 2.14 bits per heavy atom. The van der Waals surface area contributed by atoms with Crippen LogP contribution >= 0.6 is 0 Å². The maximum Gasteiger partial charge on any atom is 0.193 e. The van der Waals surface area contributed by atoms with E-state index in [2.05, 4.69) is 15.2 Å². The molecule has 1 aromatic carbocycles. The van der Waals surface area contributed by atoms with Gasteiger partial charge in [0.2, 0.25) is 0 Å². The topological polar surface area (TPSA) is 92.3 Å². The van der Waals surface area contributed by atoms with E-state index in [-0.39, 0.29) is 12.5 Å². The number of aliphatic imine (C=N–C) groups is 1. The van der Waals surface area contributed by atoms with Crippen LogP contribution in [0.5, 0.6) is 11.5 Å². The highest BCUT2D eigenvalue weighted by atomic mass is 16.5. The molecule has 7 nitrogen and oxygen atoms in total. The summed E-state index contributed by atoms with van der Waals surface area (Å²) in [4.78, 5) is 6.32. The van der Waals surface area contributed by atoms with Gasteiger partial charge in [-0.05, 0) is 25.6 Å². The van der Waals surface area contributed by atoms with E-state index in [9.17, 15) is 5.11 Å². The number of nitrogens with zero attached hydrogens (tertiary/aromatic N) is 2. The maximum atomic E-state index is 10.4. The van der Waals surface area contributed by atoms with Crippen LogP contribution in [0.15, 0.2) is 23.2 Å². The van der Waals surface area contributed by atoms with E-state index in [1.807, 2.05) is 13.1 Å². The van der Waals surface area contributed by atoms with E-state index in [0.29, 0.717) is 24.5 Å². The van der Waals surface area contributed by atoms with Gasteiger partial charge < -0.3 is 30.5 Å². The summed E-state index contributed by atoms with van der Waals surface area (Å²) in [5, 5.41) is 13.3. The average molecular weight is 308 g/mol. The van der Waals surface area contributed by atoms with Gasteiger partial charge in [0.1, 0.15) is 0 Å². The number of methoxy groups -OCH3 is 2. The molecule has 0 aliphatic carbocycles. The number of anilines is 1. The van der Waals surface area contributed by atoms with Crippen molar-refractivity contribution in [2.24, 2.45) is 10.7 Å². The zero-order chi connectivity index (χ0) is 16.2. The third-order valence-electron chi connectivity index (χ3n) is 3.72. The van der Waals surface area contributed by atoms with Crippen LogP contribution in [0.2, 0.25) is 0 Å². The Labute approximate surface area is 130 Å². The van der Waals surface area contributed by atoms with Gasteiger partial charge in [0.15, 0.2) is 17.5 Å². The summed E-state index contributed by atoms with van der Waals surface area (Å²) in [6, 6.07) is 5.38. The lowest BCUT2D eigenvalue weighted by atomic mass is 10.0. The van der Waals surface area contributed by atoms with Gasteiger partial charge in [0, 0.05) is 24.8 Å². The van der Waals surface area contributed by atoms with Crippen LogP contribution in [-0.4, -0.2) is 62.5 Å². The molecule has 4 N–H and O–H groups in total. The summed E-state index contributed by atoms with van der Waals surface area (Å²) in [5.74, 6) is 1.51. The van der Waals surface area contributed by atoms with Crippen LogP contribution in [0.25, 0.3) is 0 Å². The normalized spacial score (nSPS) is 22.6. The molecule has 1 aliphatic heterocycles. The number of likely N-dealkylation sites (tertiary alicyclic amines) is 1. The average Bonchev–Trinajstić information content (AvgIpc) is 2.85. The third-order valence-corrected chi connectivity index (χ3v) is 3.72. The van der Waals surface area contributed by atoms with Crippen LogP contribution in [0.1, 0.15) is 6.42 Å². The first-order chi connectivity index (χ1) is 10.5. The van der Waals surface area contributed by atoms with Crippen LogP contribution in [-0.2, 0) is 0 Å². The highest BCUT2D eigenvalue weighted by Crippen LogP contribution is 2.29. The number of rotatable bonds is 5. The molecule has 1 aliphatic rings. The second kappa shape index (κ2) is 6.85. The van der Waals surface area contributed by atoms with Gasteiger partial charge in [0.25, 0.3) is 0 Å². The van der Waals surface area contributed by atoms with Crippen molar-refractivity contribution in [3.05, 3.63) is 18.2 Å². The largest absolute Gasteiger partial charge is 0.493 e. The van der Waals surface area contributed by atoms with Crippen molar-refractivity contribution in [3.63, 3.8) is 0 Å². The molecular weight excluding hydrogens is 284 g/mol. The molecule has 7 heteroatoms. The molecule has 1 fully saturated rings. The van der Waals surface area contributed by atoms with Crippen LogP contribution < -0.4 is 20.5 Å². The van der Waals surface area contributed by atoms with E-state index in [0.717, 1.165) is 12.2 Å². The number of nitrogens with two attached hydrogens (primary N) is 1.